The Labute approximate surface area is 234 Å². The molecule has 0 fully saturated rings. The van der Waals surface area contributed by atoms with Gasteiger partial charge in [0.25, 0.3) is 5.56 Å². The van der Waals surface area contributed by atoms with Crippen molar-refractivity contribution in [2.75, 3.05) is 28.4 Å². The molecular formula is C31H28N2O6S. The summed E-state index contributed by atoms with van der Waals surface area (Å²) in [6, 6.07) is 17.1. The maximum absolute atomic E-state index is 14.1. The summed E-state index contributed by atoms with van der Waals surface area (Å²) < 4.78 is 24.0. The van der Waals surface area contributed by atoms with E-state index >= 15 is 0 Å². The number of aromatic hydroxyl groups is 1. The second-order valence-electron chi connectivity index (χ2n) is 9.50. The fourth-order valence-corrected chi connectivity index (χ4v) is 6.49. The topological polar surface area (TPSA) is 91.5 Å². The van der Waals surface area contributed by atoms with Crippen molar-refractivity contribution in [3.05, 3.63) is 102 Å². The third-order valence-corrected chi connectivity index (χ3v) is 8.38. The van der Waals surface area contributed by atoms with E-state index in [9.17, 15) is 9.90 Å². The van der Waals surface area contributed by atoms with Crippen LogP contribution in [-0.4, -0.2) is 38.1 Å². The summed E-state index contributed by atoms with van der Waals surface area (Å²) in [5.41, 5.74) is 5.78. The number of hydrogen-bond donors (Lipinski definition) is 1. The third-order valence-electron chi connectivity index (χ3n) is 7.40. The van der Waals surface area contributed by atoms with Crippen molar-refractivity contribution in [1.82, 2.24) is 4.57 Å². The van der Waals surface area contributed by atoms with E-state index < -0.39 is 0 Å². The van der Waals surface area contributed by atoms with E-state index in [4.69, 9.17) is 23.9 Å². The monoisotopic (exact) mass is 556 g/mol. The zero-order valence-electron chi connectivity index (χ0n) is 22.6. The highest BCUT2D eigenvalue weighted by atomic mass is 32.1. The van der Waals surface area contributed by atoms with Crippen LogP contribution in [0.15, 0.2) is 70.0 Å². The summed E-state index contributed by atoms with van der Waals surface area (Å²) in [6.07, 6.45) is 3.42. The minimum Gasteiger partial charge on any atom is -0.502 e. The van der Waals surface area contributed by atoms with Crippen molar-refractivity contribution in [3.63, 3.8) is 0 Å². The molecule has 0 bridgehead atoms. The molecule has 0 saturated carbocycles. The Hall–Kier alpha value is -4.50. The number of phenols is 1. The predicted octanol–water partition coefficient (Wildman–Crippen LogP) is 4.06. The second kappa shape index (κ2) is 10.2. The molecule has 1 aliphatic carbocycles. The summed E-state index contributed by atoms with van der Waals surface area (Å²) in [5, 5.41) is 10.3. The largest absolute Gasteiger partial charge is 0.502 e. The third kappa shape index (κ3) is 4.14. The first-order chi connectivity index (χ1) is 19.5. The number of fused-ring (bicyclic) bond motifs is 3. The highest BCUT2D eigenvalue weighted by Crippen LogP contribution is 2.43. The first kappa shape index (κ1) is 25.8. The van der Waals surface area contributed by atoms with Crippen LogP contribution in [0.4, 0.5) is 0 Å². The van der Waals surface area contributed by atoms with Crippen LogP contribution in [-0.2, 0) is 6.42 Å². The van der Waals surface area contributed by atoms with Gasteiger partial charge in [0, 0.05) is 5.56 Å². The number of benzene rings is 3. The van der Waals surface area contributed by atoms with Gasteiger partial charge in [0.1, 0.15) is 0 Å². The summed E-state index contributed by atoms with van der Waals surface area (Å²) >= 11 is 1.33. The summed E-state index contributed by atoms with van der Waals surface area (Å²) in [4.78, 5) is 19.7. The Kier molecular flexibility index (Phi) is 6.59. The molecule has 6 rings (SSSR count). The summed E-state index contributed by atoms with van der Waals surface area (Å²) in [6.45, 7) is 0. The number of thiazole rings is 1. The fourth-order valence-electron chi connectivity index (χ4n) is 5.49. The maximum atomic E-state index is 14.1. The highest BCUT2D eigenvalue weighted by Gasteiger charge is 2.33. The molecule has 0 saturated heterocycles. The molecule has 3 aromatic carbocycles. The van der Waals surface area contributed by atoms with Crippen molar-refractivity contribution in [1.29, 1.82) is 0 Å². The van der Waals surface area contributed by atoms with E-state index in [0.29, 0.717) is 26.4 Å². The van der Waals surface area contributed by atoms with Crippen LogP contribution in [0.25, 0.3) is 11.8 Å². The van der Waals surface area contributed by atoms with Gasteiger partial charge in [0.05, 0.1) is 44.7 Å². The molecule has 4 aromatic rings. The highest BCUT2D eigenvalue weighted by molar-refractivity contribution is 7.07. The number of phenolic OH excluding ortho intramolecular Hbond substituents is 1. The molecule has 2 heterocycles. The molecule has 204 valence electrons. The minimum absolute atomic E-state index is 0.0941. The van der Waals surface area contributed by atoms with Crippen LogP contribution in [0.2, 0.25) is 0 Å². The minimum atomic E-state index is -0.356. The lowest BCUT2D eigenvalue weighted by Gasteiger charge is -2.31. The van der Waals surface area contributed by atoms with Gasteiger partial charge in [0.2, 0.25) is 5.75 Å². The van der Waals surface area contributed by atoms with Gasteiger partial charge < -0.3 is 24.1 Å². The standard InChI is InChI=1S/C31H28N2O6S/c1-36-22-12-10-19(16-23(22)37-2)28-21-11-9-18-7-5-6-8-20(18)27(21)32-31-33(28)30(35)26(40-31)15-17-13-24(38-3)29(34)25(14-17)39-4/h5-8,10,12-16,28,34H,9,11H2,1-4H3/b26-15-/t28-/m0/s1. The molecule has 0 radical (unpaired) electrons. The Morgan fingerprint density at radius 2 is 1.60 bits per heavy atom. The normalized spacial score (nSPS) is 16.0. The quantitative estimate of drug-likeness (QED) is 0.385. The number of rotatable bonds is 6. The van der Waals surface area contributed by atoms with Crippen LogP contribution >= 0.6 is 11.3 Å². The van der Waals surface area contributed by atoms with E-state index in [1.54, 1.807) is 37.0 Å². The lowest BCUT2D eigenvalue weighted by molar-refractivity contribution is 0.340. The summed E-state index contributed by atoms with van der Waals surface area (Å²) in [5.74, 6) is 1.64. The number of ether oxygens (including phenoxy) is 4. The van der Waals surface area contributed by atoms with Gasteiger partial charge in [0.15, 0.2) is 27.8 Å². The molecule has 0 spiro atoms. The SMILES string of the molecule is COc1ccc([C@H]2C3=C(N=c4s/c(=C\c5cc(OC)c(O)c(OC)c5)c(=O)n42)c2ccccc2CC3)cc1OC. The number of aromatic nitrogens is 1. The van der Waals surface area contributed by atoms with Gasteiger partial charge in [-0.25, -0.2) is 4.99 Å². The first-order valence-electron chi connectivity index (χ1n) is 12.8. The van der Waals surface area contributed by atoms with Gasteiger partial charge in [-0.05, 0) is 65.4 Å². The van der Waals surface area contributed by atoms with E-state index in [1.165, 1.54) is 31.1 Å². The maximum Gasteiger partial charge on any atom is 0.271 e. The van der Waals surface area contributed by atoms with E-state index in [0.717, 1.165) is 35.2 Å². The van der Waals surface area contributed by atoms with E-state index in [-0.39, 0.29) is 28.8 Å². The zero-order chi connectivity index (χ0) is 28.0. The Morgan fingerprint density at radius 1 is 0.900 bits per heavy atom. The van der Waals surface area contributed by atoms with Gasteiger partial charge in [-0.15, -0.1) is 0 Å². The van der Waals surface area contributed by atoms with Gasteiger partial charge in [-0.1, -0.05) is 41.7 Å². The molecule has 1 aromatic heterocycles. The molecule has 40 heavy (non-hydrogen) atoms. The second-order valence-corrected chi connectivity index (χ2v) is 10.5. The molecule has 8 nitrogen and oxygen atoms in total. The molecular weight excluding hydrogens is 528 g/mol. The molecule has 1 atom stereocenters. The number of hydrogen-bond acceptors (Lipinski definition) is 8. The predicted molar refractivity (Wildman–Crippen MR) is 154 cm³/mol. The molecule has 0 unspecified atom stereocenters. The molecule has 1 N–H and O–H groups in total. The lowest BCUT2D eigenvalue weighted by Crippen LogP contribution is -2.38. The van der Waals surface area contributed by atoms with E-state index in [2.05, 4.69) is 12.1 Å². The van der Waals surface area contributed by atoms with Gasteiger partial charge in [-0.3, -0.25) is 9.36 Å². The van der Waals surface area contributed by atoms with Crippen LogP contribution < -0.4 is 33.8 Å². The Morgan fingerprint density at radius 3 is 2.30 bits per heavy atom. The van der Waals surface area contributed by atoms with Crippen LogP contribution in [0.5, 0.6) is 28.7 Å². The van der Waals surface area contributed by atoms with Gasteiger partial charge >= 0.3 is 0 Å². The Balaban J connectivity index is 1.61. The molecule has 2 aliphatic rings. The molecule has 1 aliphatic heterocycles. The summed E-state index contributed by atoms with van der Waals surface area (Å²) in [7, 11) is 6.15. The van der Waals surface area contributed by atoms with Crippen LogP contribution in [0.3, 0.4) is 0 Å². The van der Waals surface area contributed by atoms with Crippen molar-refractivity contribution in [3.8, 4) is 28.7 Å². The van der Waals surface area contributed by atoms with Crippen molar-refractivity contribution in [2.45, 2.75) is 18.9 Å². The number of nitrogens with zero attached hydrogens (tertiary/aromatic N) is 2. The average Bonchev–Trinajstić information content (AvgIpc) is 3.30. The first-order valence-corrected chi connectivity index (χ1v) is 13.6. The number of allylic oxidation sites excluding steroid dienone is 1. The fraction of sp³-hybridized carbons (Fsp3) is 0.226. The number of aryl methyl sites for hydroxylation is 1. The van der Waals surface area contributed by atoms with Crippen molar-refractivity contribution < 1.29 is 24.1 Å². The molecule has 0 amide bonds. The zero-order valence-corrected chi connectivity index (χ0v) is 23.4. The van der Waals surface area contributed by atoms with Crippen molar-refractivity contribution in [2.24, 2.45) is 4.99 Å². The van der Waals surface area contributed by atoms with Crippen molar-refractivity contribution >= 4 is 23.1 Å². The van der Waals surface area contributed by atoms with E-state index in [1.807, 2.05) is 30.3 Å². The average molecular weight is 557 g/mol. The Bertz CT molecular complexity index is 1830. The smallest absolute Gasteiger partial charge is 0.271 e. The molecule has 9 heteroatoms. The lowest BCUT2D eigenvalue weighted by atomic mass is 9.83. The number of methoxy groups -OCH3 is 4. The van der Waals surface area contributed by atoms with Crippen LogP contribution in [0, 0.1) is 0 Å². The van der Waals surface area contributed by atoms with Gasteiger partial charge in [-0.2, -0.15) is 0 Å². The van der Waals surface area contributed by atoms with Crippen LogP contribution in [0.1, 0.15) is 34.7 Å².